The number of rotatable bonds is 6. The van der Waals surface area contributed by atoms with Gasteiger partial charge in [0.25, 0.3) is 5.91 Å². The van der Waals surface area contributed by atoms with Crippen LogP contribution in [0.25, 0.3) is 0 Å². The van der Waals surface area contributed by atoms with Crippen molar-refractivity contribution in [3.8, 4) is 5.75 Å². The minimum absolute atomic E-state index is 0.383. The van der Waals surface area contributed by atoms with Crippen molar-refractivity contribution < 1.29 is 19.1 Å². The Hall–Kier alpha value is -2.34. The van der Waals surface area contributed by atoms with Gasteiger partial charge in [-0.1, -0.05) is 34.1 Å². The summed E-state index contributed by atoms with van der Waals surface area (Å²) in [6, 6.07) is 12.9. The molecule has 0 saturated carbocycles. The summed E-state index contributed by atoms with van der Waals surface area (Å²) in [7, 11) is 0. The van der Waals surface area contributed by atoms with Gasteiger partial charge in [0, 0.05) is 10.2 Å². The molecule has 1 amide bonds. The van der Waals surface area contributed by atoms with E-state index in [0.717, 1.165) is 21.3 Å². The van der Waals surface area contributed by atoms with Crippen molar-refractivity contribution in [3.05, 3.63) is 58.1 Å². The minimum Gasteiger partial charge on any atom is -0.479 e. The van der Waals surface area contributed by atoms with Gasteiger partial charge in [-0.3, -0.25) is 4.79 Å². The van der Waals surface area contributed by atoms with E-state index in [9.17, 15) is 9.59 Å². The summed E-state index contributed by atoms with van der Waals surface area (Å²) in [5.41, 5.74) is 2.63. The fraction of sp³-hybridized carbons (Fsp3) is 0.300. The van der Waals surface area contributed by atoms with Crippen molar-refractivity contribution >= 4 is 33.5 Å². The molecule has 0 unspecified atom stereocenters. The molecule has 0 aliphatic carbocycles. The number of hydrogen-bond donors (Lipinski definition) is 1. The largest absolute Gasteiger partial charge is 0.479 e. The first-order valence-electron chi connectivity index (χ1n) is 8.27. The summed E-state index contributed by atoms with van der Waals surface area (Å²) in [5, 5.41) is 2.82. The fourth-order valence-electron chi connectivity index (χ4n) is 2.33. The van der Waals surface area contributed by atoms with E-state index < -0.39 is 18.2 Å². The van der Waals surface area contributed by atoms with Gasteiger partial charge in [-0.15, -0.1) is 0 Å². The smallest absolute Gasteiger partial charge is 0.347 e. The molecule has 0 aliphatic heterocycles. The zero-order valence-corrected chi connectivity index (χ0v) is 16.8. The Kier molecular flexibility index (Phi) is 6.80. The van der Waals surface area contributed by atoms with Gasteiger partial charge in [0.1, 0.15) is 5.75 Å². The van der Waals surface area contributed by atoms with Crippen LogP contribution in [-0.2, 0) is 14.3 Å². The molecule has 0 fully saturated rings. The Balaban J connectivity index is 1.93. The van der Waals surface area contributed by atoms with Crippen LogP contribution in [0.3, 0.4) is 0 Å². The van der Waals surface area contributed by atoms with Gasteiger partial charge >= 0.3 is 5.97 Å². The number of para-hydroxylation sites is 1. The van der Waals surface area contributed by atoms with Crippen LogP contribution < -0.4 is 10.1 Å². The van der Waals surface area contributed by atoms with Crippen LogP contribution in [0, 0.1) is 13.8 Å². The molecule has 0 aromatic heterocycles. The predicted molar refractivity (Wildman–Crippen MR) is 104 cm³/mol. The number of benzene rings is 2. The highest BCUT2D eigenvalue weighted by Crippen LogP contribution is 2.20. The maximum absolute atomic E-state index is 12.3. The van der Waals surface area contributed by atoms with Crippen LogP contribution in [0.15, 0.2) is 46.9 Å². The lowest BCUT2D eigenvalue weighted by atomic mass is 10.1. The number of halogens is 1. The van der Waals surface area contributed by atoms with Gasteiger partial charge in [-0.05, 0) is 63.1 Å². The van der Waals surface area contributed by atoms with E-state index in [4.69, 9.17) is 9.47 Å². The lowest BCUT2D eigenvalue weighted by Gasteiger charge is -2.19. The SMILES string of the molecule is Cc1cccc(C)c1NC(=O)[C@H](C)OC(=O)[C@@H](C)Oc1ccc(Br)cc1. The summed E-state index contributed by atoms with van der Waals surface area (Å²) in [5.74, 6) is -0.436. The van der Waals surface area contributed by atoms with E-state index in [0.29, 0.717) is 5.75 Å². The number of carbonyl (C=O) groups excluding carboxylic acids is 2. The molecule has 0 spiro atoms. The third-order valence-electron chi connectivity index (χ3n) is 3.85. The average molecular weight is 420 g/mol. The summed E-state index contributed by atoms with van der Waals surface area (Å²) in [6.45, 7) is 6.94. The van der Waals surface area contributed by atoms with Crippen LogP contribution >= 0.6 is 15.9 Å². The Morgan fingerprint density at radius 1 is 0.962 bits per heavy atom. The van der Waals surface area contributed by atoms with Crippen LogP contribution in [0.4, 0.5) is 5.69 Å². The minimum atomic E-state index is -0.933. The highest BCUT2D eigenvalue weighted by Gasteiger charge is 2.24. The van der Waals surface area contributed by atoms with Crippen molar-refractivity contribution in [1.82, 2.24) is 0 Å². The van der Waals surface area contributed by atoms with Gasteiger partial charge in [-0.25, -0.2) is 4.79 Å². The van der Waals surface area contributed by atoms with Crippen molar-refractivity contribution in [2.45, 2.75) is 39.9 Å². The van der Waals surface area contributed by atoms with Gasteiger partial charge in [0.15, 0.2) is 12.2 Å². The standard InChI is InChI=1S/C20H22BrNO4/c1-12-6-5-7-13(2)18(12)22-19(23)14(3)26-20(24)15(4)25-17-10-8-16(21)9-11-17/h5-11,14-15H,1-4H3,(H,22,23)/t14-,15+/m0/s1. The molecule has 0 radical (unpaired) electrons. The van der Waals surface area contributed by atoms with E-state index >= 15 is 0 Å². The van der Waals surface area contributed by atoms with Gasteiger partial charge in [0.05, 0.1) is 0 Å². The Labute approximate surface area is 161 Å². The molecule has 5 nitrogen and oxygen atoms in total. The first-order chi connectivity index (χ1) is 12.3. The number of nitrogens with one attached hydrogen (secondary N) is 1. The van der Waals surface area contributed by atoms with Gasteiger partial charge in [-0.2, -0.15) is 0 Å². The highest BCUT2D eigenvalue weighted by molar-refractivity contribution is 9.10. The molecule has 0 bridgehead atoms. The van der Waals surface area contributed by atoms with Crippen LogP contribution in [0.2, 0.25) is 0 Å². The van der Waals surface area contributed by atoms with Crippen molar-refractivity contribution in [2.75, 3.05) is 5.32 Å². The second kappa shape index (κ2) is 8.85. The number of esters is 1. The normalized spacial score (nSPS) is 12.8. The van der Waals surface area contributed by atoms with E-state index in [-0.39, 0.29) is 5.91 Å². The molecule has 6 heteroatoms. The maximum atomic E-state index is 12.3. The average Bonchev–Trinajstić information content (AvgIpc) is 2.59. The van der Waals surface area contributed by atoms with Crippen molar-refractivity contribution in [1.29, 1.82) is 0 Å². The first kappa shape index (κ1) is 20.0. The topological polar surface area (TPSA) is 64.6 Å². The van der Waals surface area contributed by atoms with E-state index in [1.807, 2.05) is 44.2 Å². The second-order valence-electron chi connectivity index (χ2n) is 6.05. The van der Waals surface area contributed by atoms with E-state index in [1.54, 1.807) is 19.1 Å². The Morgan fingerprint density at radius 3 is 2.12 bits per heavy atom. The van der Waals surface area contributed by atoms with Crippen molar-refractivity contribution in [3.63, 3.8) is 0 Å². The molecule has 26 heavy (non-hydrogen) atoms. The lowest BCUT2D eigenvalue weighted by Crippen LogP contribution is -2.35. The lowest BCUT2D eigenvalue weighted by molar-refractivity contribution is -0.159. The summed E-state index contributed by atoms with van der Waals surface area (Å²) in [6.07, 6.45) is -1.76. The molecular weight excluding hydrogens is 398 g/mol. The van der Waals surface area contributed by atoms with Crippen LogP contribution in [-0.4, -0.2) is 24.1 Å². The number of anilines is 1. The predicted octanol–water partition coefficient (Wildman–Crippen LogP) is 4.40. The molecule has 138 valence electrons. The third-order valence-corrected chi connectivity index (χ3v) is 4.38. The third kappa shape index (κ3) is 5.33. The number of carbonyl (C=O) groups is 2. The first-order valence-corrected chi connectivity index (χ1v) is 9.07. The molecule has 1 N–H and O–H groups in total. The molecule has 2 aromatic rings. The summed E-state index contributed by atoms with van der Waals surface area (Å²) in [4.78, 5) is 24.5. The Morgan fingerprint density at radius 2 is 1.54 bits per heavy atom. The highest BCUT2D eigenvalue weighted by atomic mass is 79.9. The van der Waals surface area contributed by atoms with Gasteiger partial charge in [0.2, 0.25) is 0 Å². The maximum Gasteiger partial charge on any atom is 0.347 e. The number of aryl methyl sites for hydroxylation is 2. The monoisotopic (exact) mass is 419 g/mol. The molecular formula is C20H22BrNO4. The molecule has 2 rings (SSSR count). The number of ether oxygens (including phenoxy) is 2. The van der Waals surface area contributed by atoms with Crippen LogP contribution in [0.5, 0.6) is 5.75 Å². The van der Waals surface area contributed by atoms with E-state index in [2.05, 4.69) is 21.2 Å². The zero-order chi connectivity index (χ0) is 19.3. The summed E-state index contributed by atoms with van der Waals surface area (Å²) < 4.78 is 11.7. The number of amides is 1. The van der Waals surface area contributed by atoms with Crippen LogP contribution in [0.1, 0.15) is 25.0 Å². The molecule has 2 aromatic carbocycles. The zero-order valence-electron chi connectivity index (χ0n) is 15.2. The Bertz CT molecular complexity index is 769. The van der Waals surface area contributed by atoms with Crippen molar-refractivity contribution in [2.24, 2.45) is 0 Å². The second-order valence-corrected chi connectivity index (χ2v) is 6.96. The fourth-order valence-corrected chi connectivity index (χ4v) is 2.59. The summed E-state index contributed by atoms with van der Waals surface area (Å²) >= 11 is 3.33. The molecule has 0 heterocycles. The number of hydrogen-bond acceptors (Lipinski definition) is 4. The quantitative estimate of drug-likeness (QED) is 0.704. The molecule has 0 saturated heterocycles. The van der Waals surface area contributed by atoms with E-state index in [1.165, 1.54) is 6.92 Å². The molecule has 0 aliphatic rings. The van der Waals surface area contributed by atoms with Gasteiger partial charge < -0.3 is 14.8 Å². The molecule has 2 atom stereocenters.